The first-order valence-corrected chi connectivity index (χ1v) is 7.56. The number of aromatic nitrogens is 1. The van der Waals surface area contributed by atoms with Gasteiger partial charge in [-0.2, -0.15) is 0 Å². The van der Waals surface area contributed by atoms with Gasteiger partial charge in [0.15, 0.2) is 0 Å². The number of halogens is 3. The van der Waals surface area contributed by atoms with E-state index in [-0.39, 0.29) is 16.6 Å². The molecular weight excluding hydrogens is 347 g/mol. The van der Waals surface area contributed by atoms with Gasteiger partial charge in [0.2, 0.25) is 0 Å². The fraction of sp³-hybridized carbons (Fsp3) is 0.200. The Hall–Kier alpha value is -1.33. The fourth-order valence-electron chi connectivity index (χ4n) is 1.90. The molecule has 0 aliphatic rings. The summed E-state index contributed by atoms with van der Waals surface area (Å²) in [5.41, 5.74) is 1.16. The molecule has 0 radical (unpaired) electrons. The van der Waals surface area contributed by atoms with E-state index in [0.29, 0.717) is 23.0 Å². The summed E-state index contributed by atoms with van der Waals surface area (Å²) in [6.07, 6.45) is 2.04. The molecule has 0 saturated heterocycles. The maximum absolute atomic E-state index is 12.4. The second-order valence-electron chi connectivity index (χ2n) is 4.42. The second-order valence-corrected chi connectivity index (χ2v) is 5.62. The molecule has 1 amide bonds. The third-order valence-corrected chi connectivity index (χ3v) is 3.92. The molecule has 22 heavy (non-hydrogen) atoms. The van der Waals surface area contributed by atoms with Gasteiger partial charge in [0.05, 0.1) is 19.2 Å². The third kappa shape index (κ3) is 4.11. The van der Waals surface area contributed by atoms with E-state index < -0.39 is 0 Å². The maximum atomic E-state index is 12.4. The molecule has 116 valence electrons. The zero-order chi connectivity index (χ0) is 16.1. The van der Waals surface area contributed by atoms with E-state index in [2.05, 4.69) is 4.98 Å². The summed E-state index contributed by atoms with van der Waals surface area (Å²) in [7, 11) is 1.42. The van der Waals surface area contributed by atoms with Gasteiger partial charge in [-0.3, -0.25) is 9.63 Å². The van der Waals surface area contributed by atoms with Crippen LogP contribution in [0, 0.1) is 0 Å². The standard InChI is InChI=1S/C15H13Cl3N2O2/c1-22-20(15(21)12-3-2-7-19-14(12)18)8-6-10-4-5-11(16)9-13(10)17/h2-5,7,9H,6,8H2,1H3. The average Bonchev–Trinajstić information content (AvgIpc) is 2.50. The number of carbonyl (C=O) groups is 1. The molecule has 7 heteroatoms. The van der Waals surface area contributed by atoms with E-state index in [0.717, 1.165) is 5.56 Å². The smallest absolute Gasteiger partial charge is 0.274 e. The summed E-state index contributed by atoms with van der Waals surface area (Å²) in [6.45, 7) is 0.321. The van der Waals surface area contributed by atoms with Crippen LogP contribution >= 0.6 is 34.8 Å². The largest absolute Gasteiger partial charge is 0.280 e. The van der Waals surface area contributed by atoms with E-state index in [9.17, 15) is 4.79 Å². The molecule has 4 nitrogen and oxygen atoms in total. The van der Waals surface area contributed by atoms with Crippen molar-refractivity contribution in [3.8, 4) is 0 Å². The van der Waals surface area contributed by atoms with Gasteiger partial charge in [0, 0.05) is 16.2 Å². The molecule has 1 aromatic carbocycles. The van der Waals surface area contributed by atoms with Gasteiger partial charge in [-0.25, -0.2) is 10.0 Å². The number of pyridine rings is 1. The average molecular weight is 360 g/mol. The third-order valence-electron chi connectivity index (χ3n) is 3.04. The van der Waals surface area contributed by atoms with Crippen molar-refractivity contribution in [2.24, 2.45) is 0 Å². The molecule has 2 rings (SSSR count). The summed E-state index contributed by atoms with van der Waals surface area (Å²) < 4.78 is 0. The molecule has 0 saturated carbocycles. The van der Waals surface area contributed by atoms with Crippen molar-refractivity contribution in [3.63, 3.8) is 0 Å². The Balaban J connectivity index is 2.09. The second kappa shape index (κ2) is 7.79. The van der Waals surface area contributed by atoms with Crippen molar-refractivity contribution in [3.05, 3.63) is 62.9 Å². The highest BCUT2D eigenvalue weighted by Gasteiger charge is 2.19. The van der Waals surface area contributed by atoms with Crippen LogP contribution in [0.2, 0.25) is 15.2 Å². The van der Waals surface area contributed by atoms with Crippen LogP contribution in [-0.2, 0) is 11.3 Å². The lowest BCUT2D eigenvalue weighted by Gasteiger charge is -2.20. The Morgan fingerprint density at radius 2 is 2.05 bits per heavy atom. The summed E-state index contributed by atoms with van der Waals surface area (Å²) in [4.78, 5) is 21.4. The van der Waals surface area contributed by atoms with Crippen LogP contribution in [0.15, 0.2) is 36.5 Å². The van der Waals surface area contributed by atoms with Gasteiger partial charge < -0.3 is 0 Å². The summed E-state index contributed by atoms with van der Waals surface area (Å²) in [5, 5.41) is 2.47. The topological polar surface area (TPSA) is 42.4 Å². The Kier molecular flexibility index (Phi) is 6.03. The lowest BCUT2D eigenvalue weighted by molar-refractivity contribution is -0.0942. The number of hydrogen-bond acceptors (Lipinski definition) is 3. The lowest BCUT2D eigenvalue weighted by Crippen LogP contribution is -2.32. The Morgan fingerprint density at radius 1 is 1.27 bits per heavy atom. The molecule has 0 fully saturated rings. The zero-order valence-electron chi connectivity index (χ0n) is 11.7. The molecule has 1 aromatic heterocycles. The van der Waals surface area contributed by atoms with Crippen molar-refractivity contribution in [2.45, 2.75) is 6.42 Å². The molecule has 0 aliphatic carbocycles. The molecule has 0 spiro atoms. The molecular formula is C15H13Cl3N2O2. The molecule has 0 bridgehead atoms. The molecule has 2 aromatic rings. The SMILES string of the molecule is CON(CCc1ccc(Cl)cc1Cl)C(=O)c1cccnc1Cl. The number of hydrogen-bond donors (Lipinski definition) is 0. The highest BCUT2D eigenvalue weighted by Crippen LogP contribution is 2.22. The van der Waals surface area contributed by atoms with Crippen molar-refractivity contribution >= 4 is 40.7 Å². The van der Waals surface area contributed by atoms with Crippen LogP contribution in [0.4, 0.5) is 0 Å². The Labute approximate surface area is 143 Å². The molecule has 0 atom stereocenters. The number of amides is 1. The lowest BCUT2D eigenvalue weighted by atomic mass is 10.1. The van der Waals surface area contributed by atoms with Crippen LogP contribution in [0.1, 0.15) is 15.9 Å². The van der Waals surface area contributed by atoms with E-state index in [1.807, 2.05) is 6.07 Å². The molecule has 0 N–H and O–H groups in total. The highest BCUT2D eigenvalue weighted by atomic mass is 35.5. The number of carbonyl (C=O) groups excluding carboxylic acids is 1. The van der Waals surface area contributed by atoms with Gasteiger partial charge in [0.1, 0.15) is 5.15 Å². The van der Waals surface area contributed by atoms with Crippen LogP contribution in [0.5, 0.6) is 0 Å². The minimum atomic E-state index is -0.356. The van der Waals surface area contributed by atoms with Crippen molar-refractivity contribution in [1.82, 2.24) is 10.0 Å². The summed E-state index contributed by atoms with van der Waals surface area (Å²) >= 11 is 17.9. The maximum Gasteiger partial charge on any atom is 0.280 e. The predicted octanol–water partition coefficient (Wildman–Crippen LogP) is 4.29. The number of hydroxylamine groups is 2. The molecule has 1 heterocycles. The predicted molar refractivity (Wildman–Crippen MR) is 87.5 cm³/mol. The molecule has 0 aliphatic heterocycles. The van der Waals surface area contributed by atoms with E-state index in [1.54, 1.807) is 24.3 Å². The van der Waals surface area contributed by atoms with Gasteiger partial charge in [-0.05, 0) is 36.2 Å². The number of nitrogens with zero attached hydrogens (tertiary/aromatic N) is 2. The van der Waals surface area contributed by atoms with Crippen LogP contribution in [-0.4, -0.2) is 29.6 Å². The summed E-state index contributed by atoms with van der Waals surface area (Å²) in [5.74, 6) is -0.356. The van der Waals surface area contributed by atoms with Crippen LogP contribution in [0.25, 0.3) is 0 Å². The Morgan fingerprint density at radius 3 is 2.68 bits per heavy atom. The first-order chi connectivity index (χ1) is 10.5. The monoisotopic (exact) mass is 358 g/mol. The fourth-order valence-corrected chi connectivity index (χ4v) is 2.61. The van der Waals surface area contributed by atoms with Crippen LogP contribution < -0.4 is 0 Å². The molecule has 0 unspecified atom stereocenters. The van der Waals surface area contributed by atoms with Gasteiger partial charge >= 0.3 is 0 Å². The van der Waals surface area contributed by atoms with Crippen molar-refractivity contribution in [1.29, 1.82) is 0 Å². The van der Waals surface area contributed by atoms with Crippen LogP contribution in [0.3, 0.4) is 0 Å². The van der Waals surface area contributed by atoms with Gasteiger partial charge in [0.25, 0.3) is 5.91 Å². The number of rotatable bonds is 5. The quantitative estimate of drug-likeness (QED) is 0.591. The van der Waals surface area contributed by atoms with E-state index in [4.69, 9.17) is 39.6 Å². The van der Waals surface area contributed by atoms with Gasteiger partial charge in [-0.1, -0.05) is 40.9 Å². The Bertz CT molecular complexity index is 680. The van der Waals surface area contributed by atoms with Crippen molar-refractivity contribution < 1.29 is 9.63 Å². The normalized spacial score (nSPS) is 10.5. The minimum Gasteiger partial charge on any atom is -0.274 e. The zero-order valence-corrected chi connectivity index (χ0v) is 14.0. The highest BCUT2D eigenvalue weighted by molar-refractivity contribution is 6.35. The minimum absolute atomic E-state index is 0.138. The van der Waals surface area contributed by atoms with Crippen molar-refractivity contribution in [2.75, 3.05) is 13.7 Å². The van der Waals surface area contributed by atoms with E-state index in [1.165, 1.54) is 18.4 Å². The first-order valence-electron chi connectivity index (χ1n) is 6.43. The van der Waals surface area contributed by atoms with E-state index >= 15 is 0 Å². The van der Waals surface area contributed by atoms with Gasteiger partial charge in [-0.15, -0.1) is 0 Å². The number of benzene rings is 1. The summed E-state index contributed by atoms with van der Waals surface area (Å²) in [6, 6.07) is 8.47. The first kappa shape index (κ1) is 17.0.